The van der Waals surface area contributed by atoms with Crippen LogP contribution in [0.4, 0.5) is 0 Å². The lowest BCUT2D eigenvalue weighted by Gasteiger charge is -2.25. The van der Waals surface area contributed by atoms with E-state index in [9.17, 15) is 0 Å². The number of ether oxygens (including phenoxy) is 2. The van der Waals surface area contributed by atoms with Gasteiger partial charge in [0.15, 0.2) is 0 Å². The van der Waals surface area contributed by atoms with Crippen LogP contribution in [-0.2, 0) is 16.1 Å². The minimum Gasteiger partial charge on any atom is -0.376 e. The molecule has 0 radical (unpaired) electrons. The van der Waals surface area contributed by atoms with Gasteiger partial charge in [-0.05, 0) is 0 Å². The normalized spacial score (nSPS) is 17.0. The number of hydrogen-bond donors (Lipinski definition) is 0. The van der Waals surface area contributed by atoms with Gasteiger partial charge >= 0.3 is 0 Å². The molecular weight excluding hydrogens is 192 g/mol. The Bertz CT molecular complexity index is 274. The zero-order valence-corrected chi connectivity index (χ0v) is 7.70. The molecule has 1 fully saturated rings. The Labute approximate surface area is 80.9 Å². The van der Waals surface area contributed by atoms with Crippen LogP contribution in [0.1, 0.15) is 5.69 Å². The highest BCUT2D eigenvalue weighted by Gasteiger charge is 2.18. The molecule has 1 aromatic rings. The van der Waals surface area contributed by atoms with Crippen LogP contribution < -0.4 is 0 Å². The number of nitrogens with zero attached hydrogens (tertiary/aromatic N) is 2. The minimum atomic E-state index is 0.220. The Morgan fingerprint density at radius 1 is 1.46 bits per heavy atom. The average molecular weight is 201 g/mol. The summed E-state index contributed by atoms with van der Waals surface area (Å²) in [6.45, 7) is 1.83. The van der Waals surface area contributed by atoms with E-state index in [4.69, 9.17) is 21.1 Å². The minimum absolute atomic E-state index is 0.220. The van der Waals surface area contributed by atoms with E-state index in [0.717, 1.165) is 5.69 Å². The molecule has 1 aliphatic heterocycles. The van der Waals surface area contributed by atoms with Crippen molar-refractivity contribution in [3.8, 4) is 0 Å². The third-order valence-electron chi connectivity index (χ3n) is 1.75. The lowest BCUT2D eigenvalue weighted by molar-refractivity contribution is -0.135. The SMILES string of the molecule is Clc1cnc(COC2COC2)cn1. The fourth-order valence-corrected chi connectivity index (χ4v) is 1.02. The van der Waals surface area contributed by atoms with Crippen molar-refractivity contribution in [1.82, 2.24) is 9.97 Å². The van der Waals surface area contributed by atoms with Crippen molar-refractivity contribution >= 4 is 11.6 Å². The molecule has 2 heterocycles. The van der Waals surface area contributed by atoms with Gasteiger partial charge in [0.2, 0.25) is 0 Å². The Balaban J connectivity index is 1.83. The van der Waals surface area contributed by atoms with E-state index < -0.39 is 0 Å². The van der Waals surface area contributed by atoms with Crippen molar-refractivity contribution < 1.29 is 9.47 Å². The van der Waals surface area contributed by atoms with Crippen LogP contribution in [0.5, 0.6) is 0 Å². The van der Waals surface area contributed by atoms with Gasteiger partial charge in [-0.1, -0.05) is 11.6 Å². The molecule has 5 heteroatoms. The summed E-state index contributed by atoms with van der Waals surface area (Å²) >= 11 is 5.58. The van der Waals surface area contributed by atoms with Crippen molar-refractivity contribution in [2.75, 3.05) is 13.2 Å². The van der Waals surface area contributed by atoms with E-state index >= 15 is 0 Å². The maximum absolute atomic E-state index is 5.58. The summed E-state index contributed by atoms with van der Waals surface area (Å²) in [6, 6.07) is 0. The zero-order chi connectivity index (χ0) is 9.10. The summed E-state index contributed by atoms with van der Waals surface area (Å²) in [5, 5.41) is 0.399. The van der Waals surface area contributed by atoms with E-state index in [1.165, 1.54) is 6.20 Å². The highest BCUT2D eigenvalue weighted by atomic mass is 35.5. The molecule has 0 amide bonds. The Kier molecular flexibility index (Phi) is 2.73. The summed E-state index contributed by atoms with van der Waals surface area (Å²) in [5.41, 5.74) is 0.788. The van der Waals surface area contributed by atoms with Gasteiger partial charge in [0, 0.05) is 0 Å². The molecule has 1 saturated heterocycles. The van der Waals surface area contributed by atoms with E-state index in [0.29, 0.717) is 25.0 Å². The summed E-state index contributed by atoms with van der Waals surface area (Å²) in [4.78, 5) is 7.94. The van der Waals surface area contributed by atoms with E-state index in [-0.39, 0.29) is 6.10 Å². The highest BCUT2D eigenvalue weighted by molar-refractivity contribution is 6.29. The fraction of sp³-hybridized carbons (Fsp3) is 0.500. The Morgan fingerprint density at radius 2 is 2.31 bits per heavy atom. The molecular formula is C8H9ClN2O2. The quantitative estimate of drug-likeness (QED) is 0.732. The topological polar surface area (TPSA) is 44.2 Å². The highest BCUT2D eigenvalue weighted by Crippen LogP contribution is 2.08. The first-order valence-corrected chi connectivity index (χ1v) is 4.38. The van der Waals surface area contributed by atoms with Gasteiger partial charge in [0.1, 0.15) is 11.3 Å². The average Bonchev–Trinajstić information content (AvgIpc) is 2.05. The van der Waals surface area contributed by atoms with Crippen LogP contribution in [0, 0.1) is 0 Å². The molecule has 2 rings (SSSR count). The van der Waals surface area contributed by atoms with Crippen LogP contribution in [-0.4, -0.2) is 29.3 Å². The predicted octanol–water partition coefficient (Wildman–Crippen LogP) is 1.05. The van der Waals surface area contributed by atoms with Gasteiger partial charge < -0.3 is 9.47 Å². The lowest BCUT2D eigenvalue weighted by Crippen LogP contribution is -2.35. The summed E-state index contributed by atoms with van der Waals surface area (Å²) in [7, 11) is 0. The fourth-order valence-electron chi connectivity index (χ4n) is 0.927. The standard InChI is InChI=1S/C8H9ClN2O2/c9-8-2-10-6(1-11-8)3-13-7-4-12-5-7/h1-2,7H,3-5H2. The van der Waals surface area contributed by atoms with Crippen molar-refractivity contribution in [1.29, 1.82) is 0 Å². The summed E-state index contributed by atoms with van der Waals surface area (Å²) < 4.78 is 10.4. The second-order valence-corrected chi connectivity index (χ2v) is 3.19. The molecule has 0 unspecified atom stereocenters. The van der Waals surface area contributed by atoms with Crippen LogP contribution in [0.3, 0.4) is 0 Å². The van der Waals surface area contributed by atoms with Gasteiger partial charge in [0.25, 0.3) is 0 Å². The maximum Gasteiger partial charge on any atom is 0.147 e. The van der Waals surface area contributed by atoms with Gasteiger partial charge in [-0.2, -0.15) is 0 Å². The van der Waals surface area contributed by atoms with Gasteiger partial charge in [-0.25, -0.2) is 4.98 Å². The smallest absolute Gasteiger partial charge is 0.147 e. The first-order chi connectivity index (χ1) is 6.34. The van der Waals surface area contributed by atoms with Gasteiger partial charge in [0.05, 0.1) is 37.9 Å². The first-order valence-electron chi connectivity index (χ1n) is 4.00. The molecule has 0 spiro atoms. The second kappa shape index (κ2) is 4.00. The third-order valence-corrected chi connectivity index (χ3v) is 1.94. The molecule has 70 valence electrons. The van der Waals surface area contributed by atoms with Crippen molar-refractivity contribution in [3.63, 3.8) is 0 Å². The Morgan fingerprint density at radius 3 is 2.85 bits per heavy atom. The molecule has 0 saturated carbocycles. The zero-order valence-electron chi connectivity index (χ0n) is 6.94. The molecule has 0 aromatic carbocycles. The summed E-state index contributed by atoms with van der Waals surface area (Å²) in [5.74, 6) is 0. The molecule has 0 bridgehead atoms. The molecule has 4 nitrogen and oxygen atoms in total. The van der Waals surface area contributed by atoms with E-state index in [1.54, 1.807) is 6.20 Å². The number of rotatable bonds is 3. The number of hydrogen-bond acceptors (Lipinski definition) is 4. The van der Waals surface area contributed by atoms with Crippen LogP contribution in [0.25, 0.3) is 0 Å². The molecule has 0 atom stereocenters. The van der Waals surface area contributed by atoms with Crippen LogP contribution in [0.15, 0.2) is 12.4 Å². The van der Waals surface area contributed by atoms with Crippen molar-refractivity contribution in [2.24, 2.45) is 0 Å². The first kappa shape index (κ1) is 8.87. The number of aromatic nitrogens is 2. The molecule has 0 N–H and O–H groups in total. The van der Waals surface area contributed by atoms with Gasteiger partial charge in [-0.15, -0.1) is 0 Å². The van der Waals surface area contributed by atoms with Crippen LogP contribution in [0.2, 0.25) is 5.15 Å². The van der Waals surface area contributed by atoms with Crippen molar-refractivity contribution in [3.05, 3.63) is 23.2 Å². The molecule has 1 aromatic heterocycles. The maximum atomic E-state index is 5.58. The third kappa shape index (κ3) is 2.37. The molecule has 1 aliphatic rings. The summed E-state index contributed by atoms with van der Waals surface area (Å²) in [6.07, 6.45) is 3.34. The van der Waals surface area contributed by atoms with E-state index in [1.807, 2.05) is 0 Å². The van der Waals surface area contributed by atoms with Crippen LogP contribution >= 0.6 is 11.6 Å². The predicted molar refractivity (Wildman–Crippen MR) is 46.4 cm³/mol. The Hall–Kier alpha value is -0.710. The van der Waals surface area contributed by atoms with Gasteiger partial charge in [-0.3, -0.25) is 4.98 Å². The number of halogens is 1. The monoisotopic (exact) mass is 200 g/mol. The largest absolute Gasteiger partial charge is 0.376 e. The van der Waals surface area contributed by atoms with Crippen molar-refractivity contribution in [2.45, 2.75) is 12.7 Å². The van der Waals surface area contributed by atoms with E-state index in [2.05, 4.69) is 9.97 Å². The lowest BCUT2D eigenvalue weighted by atomic mass is 10.3. The second-order valence-electron chi connectivity index (χ2n) is 2.80. The molecule has 0 aliphatic carbocycles. The molecule has 13 heavy (non-hydrogen) atoms.